The monoisotopic (exact) mass is 167 g/mol. The number of carboxylic acids is 1. The predicted octanol–water partition coefficient (Wildman–Crippen LogP) is -0.406. The van der Waals surface area contributed by atoms with Crippen LogP contribution >= 0.6 is 0 Å². The van der Waals surface area contributed by atoms with Crippen molar-refractivity contribution >= 4 is 25.6 Å². The molecule has 1 rings (SSSR count). The van der Waals surface area contributed by atoms with Crippen LogP contribution in [0.2, 0.25) is 0 Å². The predicted molar refractivity (Wildman–Crippen MR) is 39.6 cm³/mol. The second kappa shape index (κ2) is 3.56. The van der Waals surface area contributed by atoms with Crippen molar-refractivity contribution in [1.29, 1.82) is 0 Å². The van der Waals surface area contributed by atoms with Crippen LogP contribution in [0.4, 0.5) is 6.01 Å². The molecule has 0 aliphatic carbocycles. The maximum absolute atomic E-state index is 10.3. The second-order valence-corrected chi connectivity index (χ2v) is 1.79. The third-order valence-electron chi connectivity index (χ3n) is 0.998. The summed E-state index contributed by atoms with van der Waals surface area (Å²) in [5.41, 5.74) is -0.211. The van der Waals surface area contributed by atoms with E-state index in [0.29, 0.717) is 6.19 Å². The highest BCUT2D eigenvalue weighted by Gasteiger charge is 2.09. The molecule has 61 valence electrons. The molecule has 0 amide bonds. The largest absolute Gasteiger partial charge is 0.476 e. The molecule has 7 heteroatoms. The molecule has 0 saturated heterocycles. The summed E-state index contributed by atoms with van der Waals surface area (Å²) in [6.45, 7) is 0. The van der Waals surface area contributed by atoms with E-state index in [2.05, 4.69) is 14.6 Å². The molecular formula is C5H4BN2O4. The van der Waals surface area contributed by atoms with Crippen LogP contribution in [0, 0.1) is 0 Å². The Bertz CT molecular complexity index is 297. The number of anilines is 1. The highest BCUT2D eigenvalue weighted by atomic mass is 16.4. The van der Waals surface area contributed by atoms with Gasteiger partial charge in [-0.25, -0.2) is 4.79 Å². The Hall–Kier alpha value is -1.79. The minimum Gasteiger partial charge on any atom is -0.476 e. The van der Waals surface area contributed by atoms with Gasteiger partial charge in [-0.1, -0.05) is 0 Å². The van der Waals surface area contributed by atoms with E-state index < -0.39 is 5.97 Å². The van der Waals surface area contributed by atoms with E-state index in [4.69, 9.17) is 5.11 Å². The van der Waals surface area contributed by atoms with E-state index in [1.165, 1.54) is 0 Å². The fraction of sp³-hybridized carbons (Fsp3) is 0. The van der Waals surface area contributed by atoms with Gasteiger partial charge in [0.2, 0.25) is 0 Å². The van der Waals surface area contributed by atoms with Crippen molar-refractivity contribution in [2.24, 2.45) is 0 Å². The zero-order valence-corrected chi connectivity index (χ0v) is 5.85. The van der Waals surface area contributed by atoms with E-state index in [-0.39, 0.29) is 11.7 Å². The molecule has 6 nitrogen and oxygen atoms in total. The first kappa shape index (κ1) is 8.31. The van der Waals surface area contributed by atoms with E-state index in [1.54, 1.807) is 0 Å². The van der Waals surface area contributed by atoms with Crippen molar-refractivity contribution in [2.45, 2.75) is 0 Å². The van der Waals surface area contributed by atoms with E-state index in [9.17, 15) is 9.59 Å². The van der Waals surface area contributed by atoms with Gasteiger partial charge in [0.15, 0.2) is 5.69 Å². The quantitative estimate of drug-likeness (QED) is 0.467. The van der Waals surface area contributed by atoms with Gasteiger partial charge in [0.25, 0.3) is 6.01 Å². The van der Waals surface area contributed by atoms with Crippen LogP contribution < -0.4 is 5.23 Å². The molecule has 0 aliphatic heterocycles. The van der Waals surface area contributed by atoms with Crippen LogP contribution in [0.3, 0.4) is 0 Å². The molecule has 0 spiro atoms. The summed E-state index contributed by atoms with van der Waals surface area (Å²) in [5, 5.41) is 10.7. The van der Waals surface area contributed by atoms with E-state index in [1.807, 2.05) is 0 Å². The lowest BCUT2D eigenvalue weighted by atomic mass is 10.0. The summed E-state index contributed by atoms with van der Waals surface area (Å²) < 4.78 is 4.63. The molecule has 12 heavy (non-hydrogen) atoms. The normalized spacial score (nSPS) is 9.00. The number of oxazole rings is 1. The smallest absolute Gasteiger partial charge is 0.357 e. The fourth-order valence-corrected chi connectivity index (χ4v) is 0.544. The highest BCUT2D eigenvalue weighted by molar-refractivity contribution is 6.69. The summed E-state index contributed by atoms with van der Waals surface area (Å²) >= 11 is 0. The Morgan fingerprint density at radius 2 is 2.58 bits per heavy atom. The van der Waals surface area contributed by atoms with Crippen LogP contribution in [0.1, 0.15) is 10.5 Å². The molecule has 0 saturated carbocycles. The summed E-state index contributed by atoms with van der Waals surface area (Å²) in [7, 11) is 1.04. The maximum Gasteiger partial charge on any atom is 0.357 e. The van der Waals surface area contributed by atoms with Crippen molar-refractivity contribution in [3.05, 3.63) is 12.0 Å². The lowest BCUT2D eigenvalue weighted by Crippen LogP contribution is -2.07. The first-order valence-electron chi connectivity index (χ1n) is 2.96. The number of aromatic carboxylic acids is 1. The molecule has 1 heterocycles. The van der Waals surface area contributed by atoms with Gasteiger partial charge in [0.1, 0.15) is 12.4 Å². The Balaban J connectivity index is 2.64. The van der Waals surface area contributed by atoms with Gasteiger partial charge in [0, 0.05) is 0 Å². The van der Waals surface area contributed by atoms with Crippen LogP contribution in [-0.2, 0) is 4.79 Å². The molecule has 1 aromatic rings. The summed E-state index contributed by atoms with van der Waals surface area (Å²) in [5.74, 6) is -1.18. The molecule has 0 aliphatic rings. The minimum atomic E-state index is -1.18. The van der Waals surface area contributed by atoms with Crippen molar-refractivity contribution in [1.82, 2.24) is 4.98 Å². The first-order chi connectivity index (χ1) is 5.74. The Kier molecular flexibility index (Phi) is 2.47. The molecule has 1 radical (unpaired) electrons. The van der Waals surface area contributed by atoms with E-state index in [0.717, 1.165) is 13.7 Å². The summed E-state index contributed by atoms with van der Waals surface area (Å²) in [6.07, 6.45) is 1.47. The van der Waals surface area contributed by atoms with Crippen molar-refractivity contribution < 1.29 is 19.1 Å². The van der Waals surface area contributed by atoms with E-state index >= 15 is 0 Å². The topological polar surface area (TPSA) is 92.4 Å². The number of nitrogens with zero attached hydrogens (tertiary/aromatic N) is 1. The minimum absolute atomic E-state index is 0.0282. The number of nitrogens with one attached hydrogen (secondary N) is 1. The number of carbonyl (C=O) groups excluding carboxylic acids is 1. The van der Waals surface area contributed by atoms with Gasteiger partial charge in [-0.2, -0.15) is 4.98 Å². The average molecular weight is 167 g/mol. The standard InChI is InChI=1S/C5H4BN2O4/c9-2-6-8-5-7-3(1-12-5)4(10)11/h1-2H,(H,7,8)(H,10,11). The molecule has 0 aromatic carbocycles. The van der Waals surface area contributed by atoms with Crippen molar-refractivity contribution in [2.75, 3.05) is 5.23 Å². The Labute approximate surface area is 67.9 Å². The third kappa shape index (κ3) is 1.85. The van der Waals surface area contributed by atoms with Crippen molar-refractivity contribution in [3.8, 4) is 0 Å². The second-order valence-electron chi connectivity index (χ2n) is 1.79. The number of carboxylic acid groups (broad SMARTS) is 1. The van der Waals surface area contributed by atoms with Crippen LogP contribution in [0.15, 0.2) is 10.7 Å². The molecule has 0 unspecified atom stereocenters. The molecular weight excluding hydrogens is 163 g/mol. The van der Waals surface area contributed by atoms with Gasteiger partial charge >= 0.3 is 13.4 Å². The number of carbonyl (C=O) groups is 2. The number of hydrogen-bond acceptors (Lipinski definition) is 5. The van der Waals surface area contributed by atoms with Gasteiger partial charge in [-0.15, -0.1) is 0 Å². The number of aromatic nitrogens is 1. The zero-order valence-electron chi connectivity index (χ0n) is 5.85. The van der Waals surface area contributed by atoms with Gasteiger partial charge in [-0.05, 0) is 0 Å². The number of rotatable bonds is 4. The fourth-order valence-electron chi connectivity index (χ4n) is 0.544. The average Bonchev–Trinajstić information content (AvgIpc) is 2.48. The molecule has 0 atom stereocenters. The van der Waals surface area contributed by atoms with Crippen LogP contribution in [0.5, 0.6) is 0 Å². The molecule has 1 aromatic heterocycles. The number of hydrogen-bond donors (Lipinski definition) is 2. The Morgan fingerprint density at radius 3 is 3.08 bits per heavy atom. The SMILES string of the molecule is O=C[B]Nc1nc(C(=O)O)co1. The lowest BCUT2D eigenvalue weighted by Gasteiger charge is -1.88. The third-order valence-corrected chi connectivity index (χ3v) is 0.998. The molecule has 0 bridgehead atoms. The Morgan fingerprint density at radius 1 is 1.83 bits per heavy atom. The van der Waals surface area contributed by atoms with Gasteiger partial charge < -0.3 is 19.5 Å². The molecule has 0 fully saturated rings. The maximum atomic E-state index is 10.3. The lowest BCUT2D eigenvalue weighted by molar-refractivity contribution is 0.0690. The first-order valence-corrected chi connectivity index (χ1v) is 2.96. The highest BCUT2D eigenvalue weighted by Crippen LogP contribution is 2.05. The summed E-state index contributed by atoms with van der Waals surface area (Å²) in [4.78, 5) is 23.6. The van der Waals surface area contributed by atoms with Gasteiger partial charge in [-0.3, -0.25) is 0 Å². The van der Waals surface area contributed by atoms with Crippen molar-refractivity contribution in [3.63, 3.8) is 0 Å². The van der Waals surface area contributed by atoms with Crippen LogP contribution in [0.25, 0.3) is 0 Å². The van der Waals surface area contributed by atoms with Crippen LogP contribution in [-0.4, -0.2) is 29.7 Å². The van der Waals surface area contributed by atoms with Gasteiger partial charge in [0.05, 0.1) is 0 Å². The zero-order chi connectivity index (χ0) is 8.97. The summed E-state index contributed by atoms with van der Waals surface area (Å²) in [6, 6.07) is -0.0282. The molecule has 2 N–H and O–H groups in total.